The minimum atomic E-state index is -1.30. The predicted molar refractivity (Wildman–Crippen MR) is 120 cm³/mol. The molecule has 0 bridgehead atoms. The van der Waals surface area contributed by atoms with Crippen LogP contribution in [-0.4, -0.2) is 28.4 Å². The molecule has 1 aromatic heterocycles. The van der Waals surface area contributed by atoms with Gasteiger partial charge in [0.25, 0.3) is 0 Å². The first-order valence-corrected chi connectivity index (χ1v) is 10.9. The molecule has 162 valence electrons. The lowest BCUT2D eigenvalue weighted by Crippen LogP contribution is -2.38. The van der Waals surface area contributed by atoms with Crippen LogP contribution in [0.25, 0.3) is 11.3 Å². The molecule has 1 N–H and O–H groups in total. The highest BCUT2D eigenvalue weighted by atomic mass is 79.9. The molecule has 6 nitrogen and oxygen atoms in total. The van der Waals surface area contributed by atoms with Crippen LogP contribution in [0.2, 0.25) is 0 Å². The SMILES string of the molecule is Cc1cc(Cc2onc3c2CCOc2cc(Br)ccc2-3)cc(C)c1OC(C)(C)C(=O)O. The van der Waals surface area contributed by atoms with Gasteiger partial charge in [-0.1, -0.05) is 33.2 Å². The number of carboxylic acid groups (broad SMARTS) is 1. The summed E-state index contributed by atoms with van der Waals surface area (Å²) in [5.41, 5.74) is 4.33. The molecule has 0 radical (unpaired) electrons. The van der Waals surface area contributed by atoms with E-state index in [0.29, 0.717) is 25.2 Å². The first-order valence-electron chi connectivity index (χ1n) is 10.1. The van der Waals surface area contributed by atoms with Crippen LogP contribution in [0.1, 0.15) is 41.9 Å². The zero-order valence-electron chi connectivity index (χ0n) is 17.9. The van der Waals surface area contributed by atoms with Crippen molar-refractivity contribution in [1.29, 1.82) is 0 Å². The molecule has 31 heavy (non-hydrogen) atoms. The van der Waals surface area contributed by atoms with Crippen LogP contribution in [0.4, 0.5) is 0 Å². The van der Waals surface area contributed by atoms with Crippen molar-refractivity contribution in [3.8, 4) is 22.8 Å². The Kier molecular flexibility index (Phi) is 5.56. The standard InChI is InChI=1S/C24H24BrNO5/c1-13-9-15(10-14(2)22(13)30-24(3,4)23(27)28)11-20-18-7-8-29-19-12-16(25)5-6-17(19)21(18)26-31-20/h5-6,9-10,12H,7-8,11H2,1-4H3,(H,27,28). The summed E-state index contributed by atoms with van der Waals surface area (Å²) >= 11 is 3.48. The van der Waals surface area contributed by atoms with Gasteiger partial charge < -0.3 is 19.1 Å². The predicted octanol–water partition coefficient (Wildman–Crippen LogP) is 5.49. The third-order valence-electron chi connectivity index (χ3n) is 5.44. The number of hydrogen-bond acceptors (Lipinski definition) is 5. The highest BCUT2D eigenvalue weighted by Crippen LogP contribution is 2.38. The number of fused-ring (bicyclic) bond motifs is 3. The summed E-state index contributed by atoms with van der Waals surface area (Å²) in [6.45, 7) is 7.49. The van der Waals surface area contributed by atoms with E-state index in [0.717, 1.165) is 49.5 Å². The minimum Gasteiger partial charge on any atom is -0.492 e. The van der Waals surface area contributed by atoms with Gasteiger partial charge in [0.15, 0.2) is 5.60 Å². The molecule has 0 saturated heterocycles. The van der Waals surface area contributed by atoms with Crippen molar-refractivity contribution in [2.45, 2.75) is 46.1 Å². The minimum absolute atomic E-state index is 0.555. The monoisotopic (exact) mass is 485 g/mol. The lowest BCUT2D eigenvalue weighted by atomic mass is 9.98. The van der Waals surface area contributed by atoms with Crippen molar-refractivity contribution >= 4 is 21.9 Å². The number of nitrogens with zero attached hydrogens (tertiary/aromatic N) is 1. The largest absolute Gasteiger partial charge is 0.492 e. The van der Waals surface area contributed by atoms with Gasteiger partial charge in [0.1, 0.15) is 23.0 Å². The quantitative estimate of drug-likeness (QED) is 0.514. The average molecular weight is 486 g/mol. The molecule has 2 aromatic carbocycles. The van der Waals surface area contributed by atoms with Crippen LogP contribution >= 0.6 is 15.9 Å². The zero-order chi connectivity index (χ0) is 22.3. The molecule has 0 fully saturated rings. The summed E-state index contributed by atoms with van der Waals surface area (Å²) in [6.07, 6.45) is 1.30. The van der Waals surface area contributed by atoms with Gasteiger partial charge in [0.2, 0.25) is 0 Å². The number of carbonyl (C=O) groups is 1. The summed E-state index contributed by atoms with van der Waals surface area (Å²) < 4.78 is 18.5. The topological polar surface area (TPSA) is 81.8 Å². The van der Waals surface area contributed by atoms with E-state index >= 15 is 0 Å². The number of aromatic nitrogens is 1. The fourth-order valence-electron chi connectivity index (χ4n) is 3.81. The first-order chi connectivity index (χ1) is 14.7. The lowest BCUT2D eigenvalue weighted by molar-refractivity contribution is -0.152. The van der Waals surface area contributed by atoms with E-state index in [4.69, 9.17) is 14.0 Å². The molecule has 0 saturated carbocycles. The first kappa shape index (κ1) is 21.4. The molecule has 3 aromatic rings. The zero-order valence-corrected chi connectivity index (χ0v) is 19.5. The van der Waals surface area contributed by atoms with Crippen molar-refractivity contribution in [3.63, 3.8) is 0 Å². The maximum Gasteiger partial charge on any atom is 0.347 e. The van der Waals surface area contributed by atoms with Gasteiger partial charge in [0, 0.05) is 28.4 Å². The van der Waals surface area contributed by atoms with Gasteiger partial charge in [-0.2, -0.15) is 0 Å². The molecule has 2 heterocycles. The molecule has 7 heteroatoms. The molecular weight excluding hydrogens is 462 g/mol. The van der Waals surface area contributed by atoms with E-state index in [1.54, 1.807) is 13.8 Å². The van der Waals surface area contributed by atoms with Crippen molar-refractivity contribution < 1.29 is 23.9 Å². The van der Waals surface area contributed by atoms with Gasteiger partial charge >= 0.3 is 5.97 Å². The van der Waals surface area contributed by atoms with Gasteiger partial charge in [0.05, 0.1) is 6.61 Å². The second-order valence-corrected chi connectivity index (χ2v) is 9.24. The summed E-state index contributed by atoms with van der Waals surface area (Å²) in [5.74, 6) is 1.20. The van der Waals surface area contributed by atoms with E-state index in [9.17, 15) is 9.90 Å². The Labute approximate surface area is 189 Å². The third kappa shape index (κ3) is 4.19. The average Bonchev–Trinajstić information content (AvgIpc) is 2.97. The molecule has 0 amide bonds. The van der Waals surface area contributed by atoms with Crippen molar-refractivity contribution in [2.75, 3.05) is 6.61 Å². The summed E-state index contributed by atoms with van der Waals surface area (Å²) in [7, 11) is 0. The molecule has 0 aliphatic carbocycles. The number of benzene rings is 2. The van der Waals surface area contributed by atoms with Gasteiger partial charge in [-0.05, 0) is 62.6 Å². The Morgan fingerprint density at radius 3 is 2.61 bits per heavy atom. The van der Waals surface area contributed by atoms with Gasteiger partial charge in [-0.3, -0.25) is 0 Å². The van der Waals surface area contributed by atoms with Crippen molar-refractivity contribution in [2.24, 2.45) is 0 Å². The molecule has 0 atom stereocenters. The molecular formula is C24H24BrNO5. The fourth-order valence-corrected chi connectivity index (χ4v) is 4.15. The summed E-state index contributed by atoms with van der Waals surface area (Å²) in [4.78, 5) is 11.4. The normalized spacial score (nSPS) is 13.1. The number of ether oxygens (including phenoxy) is 2. The Hall–Kier alpha value is -2.80. The van der Waals surface area contributed by atoms with E-state index in [2.05, 4.69) is 21.1 Å². The Morgan fingerprint density at radius 2 is 1.94 bits per heavy atom. The number of aliphatic carboxylic acids is 1. The number of hydrogen-bond donors (Lipinski definition) is 1. The smallest absolute Gasteiger partial charge is 0.347 e. The number of halogens is 1. The van der Waals surface area contributed by atoms with E-state index in [1.165, 1.54) is 0 Å². The highest BCUT2D eigenvalue weighted by molar-refractivity contribution is 9.10. The van der Waals surface area contributed by atoms with E-state index in [-0.39, 0.29) is 0 Å². The molecule has 1 aliphatic heterocycles. The summed E-state index contributed by atoms with van der Waals surface area (Å²) in [6, 6.07) is 9.92. The van der Waals surface area contributed by atoms with Gasteiger partial charge in [-0.25, -0.2) is 4.79 Å². The highest BCUT2D eigenvalue weighted by Gasteiger charge is 2.31. The van der Waals surface area contributed by atoms with Crippen LogP contribution in [-0.2, 0) is 17.6 Å². The van der Waals surface area contributed by atoms with E-state index < -0.39 is 11.6 Å². The number of rotatable bonds is 5. The van der Waals surface area contributed by atoms with Crippen LogP contribution < -0.4 is 9.47 Å². The van der Waals surface area contributed by atoms with Crippen LogP contribution in [0, 0.1) is 13.8 Å². The van der Waals surface area contributed by atoms with Crippen LogP contribution in [0.5, 0.6) is 11.5 Å². The van der Waals surface area contributed by atoms with Crippen molar-refractivity contribution in [3.05, 3.63) is 62.8 Å². The molecule has 0 spiro atoms. The summed E-state index contributed by atoms with van der Waals surface area (Å²) in [5, 5.41) is 13.7. The van der Waals surface area contributed by atoms with E-state index in [1.807, 2.05) is 44.2 Å². The lowest BCUT2D eigenvalue weighted by Gasteiger charge is -2.24. The maximum absolute atomic E-state index is 11.4. The Morgan fingerprint density at radius 1 is 1.23 bits per heavy atom. The Bertz CT molecular complexity index is 1140. The molecule has 0 unspecified atom stereocenters. The third-order valence-corrected chi connectivity index (χ3v) is 5.93. The molecule has 4 rings (SSSR count). The number of aryl methyl sites for hydroxylation is 2. The van der Waals surface area contributed by atoms with Crippen molar-refractivity contribution in [1.82, 2.24) is 5.16 Å². The second-order valence-electron chi connectivity index (χ2n) is 8.32. The fraction of sp³-hybridized carbons (Fsp3) is 0.333. The van der Waals surface area contributed by atoms with Gasteiger partial charge in [-0.15, -0.1) is 0 Å². The van der Waals surface area contributed by atoms with Crippen LogP contribution in [0.3, 0.4) is 0 Å². The molecule has 1 aliphatic rings. The Balaban J connectivity index is 1.64. The maximum atomic E-state index is 11.4. The number of carboxylic acids is 1. The van der Waals surface area contributed by atoms with Crippen LogP contribution in [0.15, 0.2) is 39.3 Å². The second kappa shape index (κ2) is 8.04.